The lowest BCUT2D eigenvalue weighted by atomic mass is 9.92. The zero-order chi connectivity index (χ0) is 40.8. The summed E-state index contributed by atoms with van der Waals surface area (Å²) in [7, 11) is 0. The van der Waals surface area contributed by atoms with Gasteiger partial charge in [-0.15, -0.1) is 10.2 Å². The lowest BCUT2D eigenvalue weighted by Gasteiger charge is -2.44. The van der Waals surface area contributed by atoms with Crippen LogP contribution >= 0.6 is 11.6 Å². The number of benzene rings is 2. The van der Waals surface area contributed by atoms with E-state index in [1.165, 1.54) is 0 Å². The quantitative estimate of drug-likeness (QED) is 0.296. The fourth-order valence-corrected chi connectivity index (χ4v) is 10.1. The number of nitrogens with one attached hydrogen (secondary N) is 2. The predicted octanol–water partition coefficient (Wildman–Crippen LogP) is 4.09. The summed E-state index contributed by atoms with van der Waals surface area (Å²) in [6.07, 6.45) is 7.71. The molecule has 2 aromatic carbocycles. The summed E-state index contributed by atoms with van der Waals surface area (Å²) in [6, 6.07) is 16.1. The Balaban J connectivity index is 0.727. The topological polar surface area (TPSA) is 181 Å². The second-order valence-corrected chi connectivity index (χ2v) is 17.1. The SMILES string of the molecule is N#Cc1ccc(O[C@H]2CC[C@H](NC(=O)c3ccc(N4CCC(CN5C6CCC5CN(c5ccc7c(c5)C(=O)N(C5CCC(=O)NC5=O)C7=O)C6)CC4)nn3)CC2)cc1Cl. The van der Waals surface area contributed by atoms with Gasteiger partial charge in [0.1, 0.15) is 17.9 Å². The molecule has 15 nitrogen and oxygen atoms in total. The van der Waals surface area contributed by atoms with Crippen LogP contribution in [0.2, 0.25) is 5.02 Å². The van der Waals surface area contributed by atoms with E-state index < -0.39 is 29.7 Å². The molecule has 0 radical (unpaired) electrons. The number of carbonyl (C=O) groups is 5. The molecule has 4 saturated heterocycles. The van der Waals surface area contributed by atoms with Gasteiger partial charge in [-0.1, -0.05) is 11.6 Å². The molecule has 1 aliphatic carbocycles. The summed E-state index contributed by atoms with van der Waals surface area (Å²) in [5.41, 5.74) is 2.24. The van der Waals surface area contributed by atoms with Gasteiger partial charge < -0.3 is 19.9 Å². The number of carbonyl (C=O) groups excluding carboxylic acids is 5. The fraction of sp³-hybridized carbons (Fsp3) is 0.488. The van der Waals surface area contributed by atoms with E-state index in [1.807, 2.05) is 12.1 Å². The molecule has 1 aromatic heterocycles. The predicted molar refractivity (Wildman–Crippen MR) is 216 cm³/mol. The minimum Gasteiger partial charge on any atom is -0.490 e. The van der Waals surface area contributed by atoms with Crippen LogP contribution in [0.4, 0.5) is 11.5 Å². The van der Waals surface area contributed by atoms with Crippen molar-refractivity contribution in [2.24, 2.45) is 5.92 Å². The first-order valence-electron chi connectivity index (χ1n) is 20.7. The minimum absolute atomic E-state index is 0.0184. The highest BCUT2D eigenvalue weighted by molar-refractivity contribution is 6.31. The van der Waals surface area contributed by atoms with E-state index in [-0.39, 0.29) is 30.9 Å². The molecule has 2 N–H and O–H groups in total. The van der Waals surface area contributed by atoms with Gasteiger partial charge in [-0.05, 0) is 106 Å². The second-order valence-electron chi connectivity index (χ2n) is 16.7. The van der Waals surface area contributed by atoms with Crippen molar-refractivity contribution < 1.29 is 28.7 Å². The molecule has 1 saturated carbocycles. The van der Waals surface area contributed by atoms with E-state index >= 15 is 0 Å². The average Bonchev–Trinajstić information content (AvgIpc) is 3.61. The first-order chi connectivity index (χ1) is 28.6. The molecule has 3 atom stereocenters. The minimum atomic E-state index is -0.976. The number of aromatic nitrogens is 2. The van der Waals surface area contributed by atoms with Crippen LogP contribution < -0.4 is 25.2 Å². The van der Waals surface area contributed by atoms with Crippen LogP contribution in [0.1, 0.15) is 101 Å². The van der Waals surface area contributed by atoms with Crippen molar-refractivity contribution in [3.05, 3.63) is 75.9 Å². The summed E-state index contributed by atoms with van der Waals surface area (Å²) >= 11 is 6.15. The summed E-state index contributed by atoms with van der Waals surface area (Å²) in [5.74, 6) is -0.207. The number of hydrogen-bond acceptors (Lipinski definition) is 12. The number of nitriles is 1. The molecule has 16 heteroatoms. The van der Waals surface area contributed by atoms with E-state index in [0.29, 0.717) is 51.2 Å². The van der Waals surface area contributed by atoms with E-state index in [9.17, 15) is 24.0 Å². The third-order valence-corrected chi connectivity index (χ3v) is 13.4. The van der Waals surface area contributed by atoms with Gasteiger partial charge in [0.15, 0.2) is 11.5 Å². The molecule has 5 amide bonds. The maximum atomic E-state index is 13.4. The summed E-state index contributed by atoms with van der Waals surface area (Å²) in [6.45, 7) is 4.47. The van der Waals surface area contributed by atoms with Crippen molar-refractivity contribution in [2.45, 2.75) is 94.5 Å². The van der Waals surface area contributed by atoms with Crippen LogP contribution in [0.25, 0.3) is 0 Å². The lowest BCUT2D eigenvalue weighted by Crippen LogP contribution is -2.55. The number of piperidine rings is 2. The first kappa shape index (κ1) is 38.9. The molecule has 5 fully saturated rings. The number of rotatable bonds is 9. The third kappa shape index (κ3) is 7.83. The maximum absolute atomic E-state index is 13.4. The number of amides is 5. The average molecular weight is 820 g/mol. The van der Waals surface area contributed by atoms with Crippen molar-refractivity contribution in [3.63, 3.8) is 0 Å². The van der Waals surface area contributed by atoms with Crippen molar-refractivity contribution >= 4 is 52.6 Å². The Morgan fingerprint density at radius 2 is 1.59 bits per heavy atom. The van der Waals surface area contributed by atoms with E-state index in [0.717, 1.165) is 100 Å². The maximum Gasteiger partial charge on any atom is 0.272 e. The number of piperazine rings is 1. The molecule has 6 heterocycles. The van der Waals surface area contributed by atoms with E-state index in [2.05, 4.69) is 41.6 Å². The zero-order valence-electron chi connectivity index (χ0n) is 32.6. The van der Waals surface area contributed by atoms with Crippen molar-refractivity contribution in [2.75, 3.05) is 42.5 Å². The highest BCUT2D eigenvalue weighted by Crippen LogP contribution is 2.37. The molecule has 3 aromatic rings. The molecule has 5 aliphatic heterocycles. The number of nitrogens with zero attached hydrogens (tertiary/aromatic N) is 7. The van der Waals surface area contributed by atoms with Crippen LogP contribution in [0, 0.1) is 17.2 Å². The summed E-state index contributed by atoms with van der Waals surface area (Å²) in [5, 5.41) is 23.6. The largest absolute Gasteiger partial charge is 0.490 e. The van der Waals surface area contributed by atoms with Gasteiger partial charge in [-0.3, -0.25) is 39.1 Å². The normalized spacial score (nSPS) is 26.1. The molecular weight excluding hydrogens is 774 g/mol. The van der Waals surface area contributed by atoms with Gasteiger partial charge in [0.05, 0.1) is 27.8 Å². The Kier molecular flexibility index (Phi) is 10.7. The molecule has 59 heavy (non-hydrogen) atoms. The number of halogens is 1. The van der Waals surface area contributed by atoms with Crippen LogP contribution in [0.15, 0.2) is 48.5 Å². The third-order valence-electron chi connectivity index (χ3n) is 13.1. The highest BCUT2D eigenvalue weighted by Gasteiger charge is 2.46. The van der Waals surface area contributed by atoms with Crippen molar-refractivity contribution in [1.82, 2.24) is 30.6 Å². The number of hydrogen-bond donors (Lipinski definition) is 2. The highest BCUT2D eigenvalue weighted by atomic mass is 35.5. The standard InChI is InChI=1S/C43H46ClN9O6/c44-35-20-32(7-1-26(35)21-45)59-31-8-2-27(3-9-31)46-40(55)36-11-13-38(49-48-36)50-17-15-25(16-18-50)22-52-29-4-5-30(52)24-51(23-29)28-6-10-33-34(19-28)43(58)53(42(33)57)37-12-14-39(54)47-41(37)56/h1,6-7,10-11,13,19-20,25,27,29-31,37H,2-5,8-9,12,14-18,22-24H2,(H,46,55)(H,47,54,56)/t27-,29?,30?,31-,37?. The molecule has 6 aliphatic rings. The Morgan fingerprint density at radius 1 is 0.847 bits per heavy atom. The van der Waals surface area contributed by atoms with Crippen molar-refractivity contribution in [3.8, 4) is 11.8 Å². The van der Waals surface area contributed by atoms with Gasteiger partial charge in [0.2, 0.25) is 11.8 Å². The number of imide groups is 2. The van der Waals surface area contributed by atoms with E-state index in [4.69, 9.17) is 21.6 Å². The van der Waals surface area contributed by atoms with Gasteiger partial charge in [0, 0.05) is 69.0 Å². The van der Waals surface area contributed by atoms with Gasteiger partial charge in [-0.25, -0.2) is 0 Å². The summed E-state index contributed by atoms with van der Waals surface area (Å²) in [4.78, 5) is 72.2. The lowest BCUT2D eigenvalue weighted by molar-refractivity contribution is -0.136. The fourth-order valence-electron chi connectivity index (χ4n) is 9.85. The molecule has 0 spiro atoms. The van der Waals surface area contributed by atoms with E-state index in [1.54, 1.807) is 36.4 Å². The van der Waals surface area contributed by atoms with Crippen molar-refractivity contribution in [1.29, 1.82) is 5.26 Å². The number of anilines is 2. The van der Waals surface area contributed by atoms with Crippen LogP contribution in [-0.2, 0) is 9.59 Å². The van der Waals surface area contributed by atoms with Gasteiger partial charge in [0.25, 0.3) is 17.7 Å². The zero-order valence-corrected chi connectivity index (χ0v) is 33.4. The Morgan fingerprint density at radius 3 is 2.27 bits per heavy atom. The second kappa shape index (κ2) is 16.2. The molecule has 306 valence electrons. The van der Waals surface area contributed by atoms with Gasteiger partial charge >= 0.3 is 0 Å². The molecular formula is C43H46ClN9O6. The van der Waals surface area contributed by atoms with Crippen LogP contribution in [0.5, 0.6) is 5.75 Å². The van der Waals surface area contributed by atoms with Crippen LogP contribution in [-0.4, -0.2) is 113 Å². The number of ether oxygens (including phenoxy) is 1. The molecule has 3 unspecified atom stereocenters. The smallest absolute Gasteiger partial charge is 0.272 e. The Bertz CT molecular complexity index is 2200. The van der Waals surface area contributed by atoms with Gasteiger partial charge in [-0.2, -0.15) is 5.26 Å². The van der Waals surface area contributed by atoms with Crippen LogP contribution in [0.3, 0.4) is 0 Å². The first-order valence-corrected chi connectivity index (χ1v) is 21.1. The molecule has 2 bridgehead atoms. The molecule has 9 rings (SSSR count). The number of fused-ring (bicyclic) bond motifs is 3. The Hall–Kier alpha value is -5.59. The Labute approximate surface area is 347 Å². The summed E-state index contributed by atoms with van der Waals surface area (Å²) < 4.78 is 6.09. The monoisotopic (exact) mass is 819 g/mol.